The summed E-state index contributed by atoms with van der Waals surface area (Å²) in [6.45, 7) is 8.88. The van der Waals surface area contributed by atoms with Gasteiger partial charge in [-0.2, -0.15) is 0 Å². The Morgan fingerprint density at radius 1 is 1.32 bits per heavy atom. The molecule has 0 saturated heterocycles. The minimum atomic E-state index is 0.602. The van der Waals surface area contributed by atoms with E-state index < -0.39 is 0 Å². The Morgan fingerprint density at radius 2 is 2.05 bits per heavy atom. The molecular weight excluding hydrogens is 234 g/mol. The van der Waals surface area contributed by atoms with Crippen molar-refractivity contribution in [2.24, 2.45) is 11.8 Å². The Morgan fingerprint density at radius 3 is 2.68 bits per heavy atom. The van der Waals surface area contributed by atoms with Gasteiger partial charge in [0.05, 0.1) is 0 Å². The third-order valence-corrected chi connectivity index (χ3v) is 4.64. The van der Waals surface area contributed by atoms with E-state index in [2.05, 4.69) is 41.8 Å². The highest BCUT2D eigenvalue weighted by atomic mass is 15.1. The van der Waals surface area contributed by atoms with Crippen LogP contribution in [0.15, 0.2) is 12.4 Å². The Kier molecular flexibility index (Phi) is 5.44. The summed E-state index contributed by atoms with van der Waals surface area (Å²) >= 11 is 0. The number of nitrogens with one attached hydrogen (secondary N) is 1. The van der Waals surface area contributed by atoms with Gasteiger partial charge >= 0.3 is 0 Å². The molecule has 1 fully saturated rings. The molecule has 0 spiro atoms. The van der Waals surface area contributed by atoms with E-state index in [4.69, 9.17) is 0 Å². The lowest BCUT2D eigenvalue weighted by Crippen LogP contribution is -2.40. The van der Waals surface area contributed by atoms with Crippen molar-refractivity contribution in [3.05, 3.63) is 18.2 Å². The highest BCUT2D eigenvalue weighted by Crippen LogP contribution is 2.31. The standard InChI is InChI=1S/C16H29N3/c1-4-17-15(14-8-6-13(3)7-9-14)12-16-18-10-11-19(16)5-2/h10-11,13-15,17H,4-9,12H2,1-3H3. The van der Waals surface area contributed by atoms with Gasteiger partial charge in [-0.1, -0.05) is 26.7 Å². The van der Waals surface area contributed by atoms with Crippen LogP contribution in [0, 0.1) is 11.8 Å². The van der Waals surface area contributed by atoms with Crippen molar-refractivity contribution in [2.45, 2.75) is 65.5 Å². The number of imidazole rings is 1. The average Bonchev–Trinajstić information content (AvgIpc) is 2.86. The van der Waals surface area contributed by atoms with E-state index in [0.717, 1.165) is 31.3 Å². The molecule has 19 heavy (non-hydrogen) atoms. The third kappa shape index (κ3) is 3.82. The maximum atomic E-state index is 4.54. The summed E-state index contributed by atoms with van der Waals surface area (Å²) < 4.78 is 2.27. The van der Waals surface area contributed by atoms with Gasteiger partial charge in [0.15, 0.2) is 0 Å². The molecule has 1 unspecified atom stereocenters. The van der Waals surface area contributed by atoms with E-state index in [0.29, 0.717) is 6.04 Å². The molecule has 1 saturated carbocycles. The molecule has 1 N–H and O–H groups in total. The van der Waals surface area contributed by atoms with Crippen LogP contribution < -0.4 is 5.32 Å². The lowest BCUT2D eigenvalue weighted by Gasteiger charge is -2.33. The van der Waals surface area contributed by atoms with Crippen LogP contribution in [0.4, 0.5) is 0 Å². The van der Waals surface area contributed by atoms with Gasteiger partial charge in [-0.05, 0) is 38.1 Å². The van der Waals surface area contributed by atoms with Crippen molar-refractivity contribution >= 4 is 0 Å². The minimum absolute atomic E-state index is 0.602. The largest absolute Gasteiger partial charge is 0.335 e. The number of rotatable bonds is 6. The second kappa shape index (κ2) is 7.09. The van der Waals surface area contributed by atoms with Gasteiger partial charge in [0.25, 0.3) is 0 Å². The molecule has 0 aromatic carbocycles. The zero-order valence-corrected chi connectivity index (χ0v) is 12.7. The number of hydrogen-bond acceptors (Lipinski definition) is 2. The van der Waals surface area contributed by atoms with Gasteiger partial charge in [-0.25, -0.2) is 4.98 Å². The molecule has 1 aromatic heterocycles. The Balaban J connectivity index is 1.99. The van der Waals surface area contributed by atoms with Crippen molar-refractivity contribution < 1.29 is 0 Å². The summed E-state index contributed by atoms with van der Waals surface area (Å²) in [4.78, 5) is 4.54. The van der Waals surface area contributed by atoms with Crippen LogP contribution in [0.5, 0.6) is 0 Å². The van der Waals surface area contributed by atoms with E-state index in [1.54, 1.807) is 0 Å². The van der Waals surface area contributed by atoms with E-state index in [1.807, 2.05) is 6.20 Å². The van der Waals surface area contributed by atoms with Crippen molar-refractivity contribution in [3.8, 4) is 0 Å². The number of nitrogens with zero attached hydrogens (tertiary/aromatic N) is 2. The number of likely N-dealkylation sites (N-methyl/N-ethyl adjacent to an activating group) is 1. The molecule has 3 nitrogen and oxygen atoms in total. The SMILES string of the molecule is CCNC(Cc1nccn1CC)C1CCC(C)CC1. The molecule has 0 aliphatic heterocycles. The van der Waals surface area contributed by atoms with Crippen molar-refractivity contribution in [1.82, 2.24) is 14.9 Å². The third-order valence-electron chi connectivity index (χ3n) is 4.64. The average molecular weight is 263 g/mol. The van der Waals surface area contributed by atoms with Crippen LogP contribution in [-0.4, -0.2) is 22.1 Å². The first-order chi connectivity index (χ1) is 9.24. The Labute approximate surface area is 117 Å². The number of aryl methyl sites for hydroxylation is 1. The Bertz CT molecular complexity index is 364. The van der Waals surface area contributed by atoms with Gasteiger partial charge in [0, 0.05) is 31.4 Å². The van der Waals surface area contributed by atoms with E-state index in [-0.39, 0.29) is 0 Å². The Hall–Kier alpha value is -0.830. The molecular formula is C16H29N3. The van der Waals surface area contributed by atoms with Crippen LogP contribution in [-0.2, 0) is 13.0 Å². The highest BCUT2D eigenvalue weighted by Gasteiger charge is 2.26. The van der Waals surface area contributed by atoms with E-state index >= 15 is 0 Å². The molecule has 3 heteroatoms. The summed E-state index contributed by atoms with van der Waals surface area (Å²) in [5.74, 6) is 3.00. The first kappa shape index (κ1) is 14.6. The van der Waals surface area contributed by atoms with Crippen LogP contribution in [0.25, 0.3) is 0 Å². The van der Waals surface area contributed by atoms with Crippen LogP contribution in [0.2, 0.25) is 0 Å². The van der Waals surface area contributed by atoms with Crippen LogP contribution in [0.1, 0.15) is 52.3 Å². The molecule has 108 valence electrons. The maximum Gasteiger partial charge on any atom is 0.110 e. The number of aromatic nitrogens is 2. The lowest BCUT2D eigenvalue weighted by atomic mass is 9.78. The first-order valence-electron chi connectivity index (χ1n) is 7.98. The van der Waals surface area contributed by atoms with Crippen LogP contribution >= 0.6 is 0 Å². The van der Waals surface area contributed by atoms with Crippen LogP contribution in [0.3, 0.4) is 0 Å². The summed E-state index contributed by atoms with van der Waals surface area (Å²) in [7, 11) is 0. The summed E-state index contributed by atoms with van der Waals surface area (Å²) in [6.07, 6.45) is 10.7. The zero-order chi connectivity index (χ0) is 13.7. The maximum absolute atomic E-state index is 4.54. The molecule has 1 aromatic rings. The van der Waals surface area contributed by atoms with E-state index in [9.17, 15) is 0 Å². The molecule has 0 amide bonds. The fraction of sp³-hybridized carbons (Fsp3) is 0.812. The number of hydrogen-bond donors (Lipinski definition) is 1. The van der Waals surface area contributed by atoms with Gasteiger partial charge in [-0.15, -0.1) is 0 Å². The molecule has 1 heterocycles. The molecule has 1 atom stereocenters. The van der Waals surface area contributed by atoms with Gasteiger partial charge in [0.2, 0.25) is 0 Å². The fourth-order valence-electron chi connectivity index (χ4n) is 3.37. The van der Waals surface area contributed by atoms with Crippen molar-refractivity contribution in [2.75, 3.05) is 6.54 Å². The molecule has 0 bridgehead atoms. The van der Waals surface area contributed by atoms with Crippen molar-refractivity contribution in [3.63, 3.8) is 0 Å². The molecule has 1 aliphatic carbocycles. The molecule has 2 rings (SSSR count). The van der Waals surface area contributed by atoms with Crippen molar-refractivity contribution in [1.29, 1.82) is 0 Å². The predicted octanol–water partition coefficient (Wildman–Crippen LogP) is 3.25. The summed E-state index contributed by atoms with van der Waals surface area (Å²) in [5.41, 5.74) is 0. The summed E-state index contributed by atoms with van der Waals surface area (Å²) in [5, 5.41) is 3.70. The first-order valence-corrected chi connectivity index (χ1v) is 7.98. The van der Waals surface area contributed by atoms with Gasteiger partial charge in [-0.3, -0.25) is 0 Å². The molecule has 1 aliphatic rings. The van der Waals surface area contributed by atoms with E-state index in [1.165, 1.54) is 31.5 Å². The second-order valence-electron chi connectivity index (χ2n) is 6.02. The molecule has 0 radical (unpaired) electrons. The fourth-order valence-corrected chi connectivity index (χ4v) is 3.37. The topological polar surface area (TPSA) is 29.9 Å². The quantitative estimate of drug-likeness (QED) is 0.854. The second-order valence-corrected chi connectivity index (χ2v) is 6.02. The van der Waals surface area contributed by atoms with Gasteiger partial charge < -0.3 is 9.88 Å². The predicted molar refractivity (Wildman–Crippen MR) is 80.2 cm³/mol. The van der Waals surface area contributed by atoms with Gasteiger partial charge in [0.1, 0.15) is 5.82 Å². The minimum Gasteiger partial charge on any atom is -0.335 e. The summed E-state index contributed by atoms with van der Waals surface area (Å²) in [6, 6.07) is 0.602. The zero-order valence-electron chi connectivity index (χ0n) is 12.7. The normalized spacial score (nSPS) is 25.4. The highest BCUT2D eigenvalue weighted by molar-refractivity contribution is 4.97. The smallest absolute Gasteiger partial charge is 0.110 e. The monoisotopic (exact) mass is 263 g/mol. The lowest BCUT2D eigenvalue weighted by molar-refractivity contribution is 0.228.